The molecule has 4 nitrogen and oxygen atoms in total. The first-order valence-electron chi connectivity index (χ1n) is 5.36. The summed E-state index contributed by atoms with van der Waals surface area (Å²) in [5.41, 5.74) is 0. The second-order valence-electron chi connectivity index (χ2n) is 4.37. The molecule has 90 valence electrons. The maximum atomic E-state index is 11.6. The molecular weight excluding hydrogens is 236 g/mol. The van der Waals surface area contributed by atoms with E-state index in [1.807, 2.05) is 0 Å². The van der Waals surface area contributed by atoms with E-state index in [2.05, 4.69) is 10.0 Å². The molecule has 2 aliphatic rings. The van der Waals surface area contributed by atoms with E-state index in [0.717, 1.165) is 38.8 Å². The highest BCUT2D eigenvalue weighted by molar-refractivity contribution is 7.89. The van der Waals surface area contributed by atoms with E-state index in [1.165, 1.54) is 0 Å². The second kappa shape index (κ2) is 5.48. The first-order valence-corrected chi connectivity index (χ1v) is 7.02. The molecule has 0 unspecified atom stereocenters. The number of hydrogen-bond acceptors (Lipinski definition) is 3. The molecule has 1 heterocycles. The Balaban J connectivity index is 0.00000112. The maximum absolute atomic E-state index is 11.6. The minimum absolute atomic E-state index is 0. The van der Waals surface area contributed by atoms with Crippen LogP contribution in [-0.4, -0.2) is 33.3 Å². The van der Waals surface area contributed by atoms with Crippen LogP contribution in [0.1, 0.15) is 25.7 Å². The van der Waals surface area contributed by atoms with Crippen LogP contribution in [0.2, 0.25) is 0 Å². The normalized spacial score (nSPS) is 23.5. The molecular formula is C9H19ClN2O2S. The molecule has 1 saturated carbocycles. The molecule has 0 bridgehead atoms. The molecule has 0 aromatic rings. The van der Waals surface area contributed by atoms with Gasteiger partial charge in [0.2, 0.25) is 10.0 Å². The number of halogens is 1. The average Bonchev–Trinajstić information content (AvgIpc) is 2.88. The van der Waals surface area contributed by atoms with Crippen molar-refractivity contribution in [1.82, 2.24) is 10.0 Å². The Morgan fingerprint density at radius 2 is 1.73 bits per heavy atom. The Bertz CT molecular complexity index is 284. The van der Waals surface area contributed by atoms with E-state index < -0.39 is 10.0 Å². The van der Waals surface area contributed by atoms with Gasteiger partial charge in [-0.05, 0) is 44.7 Å². The monoisotopic (exact) mass is 254 g/mol. The van der Waals surface area contributed by atoms with Crippen LogP contribution in [0.5, 0.6) is 0 Å². The van der Waals surface area contributed by atoms with Crippen molar-refractivity contribution in [2.24, 2.45) is 5.92 Å². The Kier molecular flexibility index (Phi) is 4.83. The zero-order valence-electron chi connectivity index (χ0n) is 8.74. The zero-order chi connectivity index (χ0) is 10.0. The summed E-state index contributed by atoms with van der Waals surface area (Å²) in [6, 6.07) is 0.167. The van der Waals surface area contributed by atoms with E-state index in [1.54, 1.807) is 0 Å². The standard InChI is InChI=1S/C9H18N2O2S.ClH/c12-14(13,7-8-1-2-8)11-9-3-5-10-6-4-9;/h8-11H,1-7H2;1H. The van der Waals surface area contributed by atoms with Crippen molar-refractivity contribution < 1.29 is 8.42 Å². The van der Waals surface area contributed by atoms with Gasteiger partial charge in [-0.3, -0.25) is 0 Å². The highest BCUT2D eigenvalue weighted by Crippen LogP contribution is 2.30. The van der Waals surface area contributed by atoms with E-state index in [4.69, 9.17) is 0 Å². The number of hydrogen-bond donors (Lipinski definition) is 2. The molecule has 2 N–H and O–H groups in total. The molecule has 2 fully saturated rings. The second-order valence-corrected chi connectivity index (χ2v) is 6.17. The van der Waals surface area contributed by atoms with Gasteiger partial charge in [0, 0.05) is 6.04 Å². The number of sulfonamides is 1. The third kappa shape index (κ3) is 4.68. The molecule has 0 spiro atoms. The molecule has 0 aromatic carbocycles. The lowest BCUT2D eigenvalue weighted by atomic mass is 10.1. The van der Waals surface area contributed by atoms with Gasteiger partial charge in [0.15, 0.2) is 0 Å². The minimum atomic E-state index is -3.00. The Morgan fingerprint density at radius 3 is 2.27 bits per heavy atom. The first-order chi connectivity index (χ1) is 6.66. The average molecular weight is 255 g/mol. The molecule has 0 radical (unpaired) electrons. The van der Waals surface area contributed by atoms with Crippen molar-refractivity contribution in [1.29, 1.82) is 0 Å². The topological polar surface area (TPSA) is 58.2 Å². The summed E-state index contributed by atoms with van der Waals surface area (Å²) in [4.78, 5) is 0. The van der Waals surface area contributed by atoms with Crippen molar-refractivity contribution in [3.8, 4) is 0 Å². The summed E-state index contributed by atoms with van der Waals surface area (Å²) in [5.74, 6) is 0.783. The van der Waals surface area contributed by atoms with Crippen molar-refractivity contribution in [3.63, 3.8) is 0 Å². The zero-order valence-corrected chi connectivity index (χ0v) is 10.4. The first kappa shape index (κ1) is 13.2. The van der Waals surface area contributed by atoms with Crippen molar-refractivity contribution >= 4 is 22.4 Å². The lowest BCUT2D eigenvalue weighted by Crippen LogP contribution is -2.43. The van der Waals surface area contributed by atoms with Crippen molar-refractivity contribution in [2.45, 2.75) is 31.7 Å². The molecule has 0 aromatic heterocycles. The van der Waals surface area contributed by atoms with Crippen LogP contribution in [-0.2, 0) is 10.0 Å². The number of rotatable bonds is 4. The Morgan fingerprint density at radius 1 is 1.13 bits per heavy atom. The van der Waals surface area contributed by atoms with Crippen LogP contribution in [0.25, 0.3) is 0 Å². The summed E-state index contributed by atoms with van der Waals surface area (Å²) >= 11 is 0. The van der Waals surface area contributed by atoms with Crippen molar-refractivity contribution in [3.05, 3.63) is 0 Å². The highest BCUT2D eigenvalue weighted by atomic mass is 35.5. The van der Waals surface area contributed by atoms with E-state index in [9.17, 15) is 8.42 Å². The lowest BCUT2D eigenvalue weighted by Gasteiger charge is -2.23. The highest BCUT2D eigenvalue weighted by Gasteiger charge is 2.29. The lowest BCUT2D eigenvalue weighted by molar-refractivity contribution is 0.426. The quantitative estimate of drug-likeness (QED) is 0.768. The third-order valence-electron chi connectivity index (χ3n) is 2.84. The molecule has 15 heavy (non-hydrogen) atoms. The summed E-state index contributed by atoms with van der Waals surface area (Å²) in [7, 11) is -3.00. The van der Waals surface area contributed by atoms with Gasteiger partial charge in [-0.15, -0.1) is 12.4 Å². The van der Waals surface area contributed by atoms with Crippen LogP contribution < -0.4 is 10.0 Å². The van der Waals surface area contributed by atoms with Gasteiger partial charge in [0.25, 0.3) is 0 Å². The number of nitrogens with one attached hydrogen (secondary N) is 2. The summed E-state index contributed by atoms with van der Waals surface area (Å²) in [6.45, 7) is 1.85. The van der Waals surface area contributed by atoms with Crippen LogP contribution in [0, 0.1) is 5.92 Å². The SMILES string of the molecule is Cl.O=S(=O)(CC1CC1)NC1CCNCC1. The van der Waals surface area contributed by atoms with Crippen molar-refractivity contribution in [2.75, 3.05) is 18.8 Å². The van der Waals surface area contributed by atoms with Gasteiger partial charge in [-0.25, -0.2) is 13.1 Å². The summed E-state index contributed by atoms with van der Waals surface area (Å²) in [5, 5.41) is 3.22. The minimum Gasteiger partial charge on any atom is -0.317 e. The predicted octanol–water partition coefficient (Wildman–Crippen LogP) is 0.490. The van der Waals surface area contributed by atoms with Gasteiger partial charge < -0.3 is 5.32 Å². The van der Waals surface area contributed by atoms with Gasteiger partial charge in [-0.1, -0.05) is 0 Å². The molecule has 0 atom stereocenters. The van der Waals surface area contributed by atoms with Crippen LogP contribution in [0.3, 0.4) is 0 Å². The van der Waals surface area contributed by atoms with Gasteiger partial charge >= 0.3 is 0 Å². The van der Waals surface area contributed by atoms with Gasteiger partial charge in [-0.2, -0.15) is 0 Å². The molecule has 1 saturated heterocycles. The molecule has 1 aliphatic carbocycles. The van der Waals surface area contributed by atoms with Crippen LogP contribution in [0.4, 0.5) is 0 Å². The van der Waals surface area contributed by atoms with Crippen LogP contribution in [0.15, 0.2) is 0 Å². The summed E-state index contributed by atoms with van der Waals surface area (Å²) < 4.78 is 26.0. The largest absolute Gasteiger partial charge is 0.317 e. The fourth-order valence-electron chi connectivity index (χ4n) is 1.84. The van der Waals surface area contributed by atoms with Gasteiger partial charge in [0.1, 0.15) is 0 Å². The van der Waals surface area contributed by atoms with E-state index in [0.29, 0.717) is 11.7 Å². The van der Waals surface area contributed by atoms with Gasteiger partial charge in [0.05, 0.1) is 5.75 Å². The number of piperidine rings is 1. The Hall–Kier alpha value is 0.160. The molecule has 6 heteroatoms. The smallest absolute Gasteiger partial charge is 0.212 e. The van der Waals surface area contributed by atoms with E-state index in [-0.39, 0.29) is 18.4 Å². The molecule has 0 amide bonds. The van der Waals surface area contributed by atoms with Crippen LogP contribution >= 0.6 is 12.4 Å². The predicted molar refractivity (Wildman–Crippen MR) is 62.8 cm³/mol. The summed E-state index contributed by atoms with van der Waals surface area (Å²) in [6.07, 6.45) is 4.02. The maximum Gasteiger partial charge on any atom is 0.212 e. The Labute approximate surface area is 97.7 Å². The third-order valence-corrected chi connectivity index (χ3v) is 4.44. The fraction of sp³-hybridized carbons (Fsp3) is 1.00. The molecule has 2 rings (SSSR count). The van der Waals surface area contributed by atoms with E-state index >= 15 is 0 Å². The molecule has 1 aliphatic heterocycles. The fourth-order valence-corrected chi connectivity index (χ4v) is 3.63.